The zero-order valence-corrected chi connectivity index (χ0v) is 17.0. The minimum atomic E-state index is -4.58. The van der Waals surface area contributed by atoms with Crippen LogP contribution in [0.15, 0.2) is 41.3 Å². The molecule has 1 amide bonds. The van der Waals surface area contributed by atoms with E-state index in [4.69, 9.17) is 0 Å². The van der Waals surface area contributed by atoms with Gasteiger partial charge in [0.2, 0.25) is 15.9 Å². The predicted octanol–water partition coefficient (Wildman–Crippen LogP) is 3.44. The Labute approximate surface area is 167 Å². The minimum absolute atomic E-state index is 0.153. The summed E-state index contributed by atoms with van der Waals surface area (Å²) in [7, 11) is -3.83. The lowest BCUT2D eigenvalue weighted by molar-refractivity contribution is -0.137. The van der Waals surface area contributed by atoms with Crippen molar-refractivity contribution in [3.8, 4) is 0 Å². The standard InChI is InChI=1S/C19H22F3N3O3S/c1-12-10-13(2)18(14(3)11-12)29(27,28)23-9-8-17(26)25-24-16-7-5-4-6-15(16)19(20,21)22/h4-7,10-11,23-24H,8-9H2,1-3H3,(H,25,26). The molecule has 0 aliphatic heterocycles. The Morgan fingerprint density at radius 3 is 2.21 bits per heavy atom. The maximum absolute atomic E-state index is 12.9. The molecule has 0 heterocycles. The van der Waals surface area contributed by atoms with Crippen LogP contribution in [0.3, 0.4) is 0 Å². The number of halogens is 3. The number of carbonyl (C=O) groups excluding carboxylic acids is 1. The van der Waals surface area contributed by atoms with E-state index in [-0.39, 0.29) is 23.5 Å². The maximum atomic E-state index is 12.9. The van der Waals surface area contributed by atoms with Crippen molar-refractivity contribution in [1.82, 2.24) is 10.1 Å². The number of carbonyl (C=O) groups is 1. The van der Waals surface area contributed by atoms with Gasteiger partial charge in [0.05, 0.1) is 16.1 Å². The van der Waals surface area contributed by atoms with Gasteiger partial charge in [0.1, 0.15) is 0 Å². The highest BCUT2D eigenvalue weighted by Crippen LogP contribution is 2.34. The van der Waals surface area contributed by atoms with Crippen molar-refractivity contribution in [1.29, 1.82) is 0 Å². The van der Waals surface area contributed by atoms with Crippen molar-refractivity contribution in [3.63, 3.8) is 0 Å². The van der Waals surface area contributed by atoms with Gasteiger partial charge in [-0.25, -0.2) is 13.1 Å². The average molecular weight is 429 g/mol. The second kappa shape index (κ2) is 8.83. The van der Waals surface area contributed by atoms with Crippen molar-refractivity contribution in [3.05, 3.63) is 58.7 Å². The molecule has 3 N–H and O–H groups in total. The van der Waals surface area contributed by atoms with Crippen molar-refractivity contribution >= 4 is 21.6 Å². The monoisotopic (exact) mass is 429 g/mol. The van der Waals surface area contributed by atoms with Gasteiger partial charge in [0, 0.05) is 13.0 Å². The van der Waals surface area contributed by atoms with Crippen LogP contribution in [0.2, 0.25) is 0 Å². The number of benzene rings is 2. The largest absolute Gasteiger partial charge is 0.418 e. The predicted molar refractivity (Wildman–Crippen MR) is 104 cm³/mol. The molecule has 0 aliphatic carbocycles. The van der Waals surface area contributed by atoms with Crippen molar-refractivity contribution in [2.24, 2.45) is 0 Å². The van der Waals surface area contributed by atoms with Crippen LogP contribution in [0.5, 0.6) is 0 Å². The summed E-state index contributed by atoms with van der Waals surface area (Å²) in [6.07, 6.45) is -4.84. The van der Waals surface area contributed by atoms with Gasteiger partial charge in [0.25, 0.3) is 0 Å². The molecule has 0 radical (unpaired) electrons. The third-order valence-corrected chi connectivity index (χ3v) is 5.85. The molecular formula is C19H22F3N3O3S. The molecule has 0 bridgehead atoms. The summed E-state index contributed by atoms with van der Waals surface area (Å²) in [6, 6.07) is 8.18. The van der Waals surface area contributed by atoms with Crippen LogP contribution >= 0.6 is 0 Å². The Balaban J connectivity index is 1.94. The number of amides is 1. The number of hydrogen-bond donors (Lipinski definition) is 3. The maximum Gasteiger partial charge on any atom is 0.418 e. The van der Waals surface area contributed by atoms with E-state index in [2.05, 4.69) is 15.6 Å². The Hall–Kier alpha value is -2.59. The third kappa shape index (κ3) is 5.94. The third-order valence-electron chi connectivity index (χ3n) is 4.09. The summed E-state index contributed by atoms with van der Waals surface area (Å²) in [6.45, 7) is 5.02. The highest BCUT2D eigenvalue weighted by Gasteiger charge is 2.33. The van der Waals surface area contributed by atoms with Gasteiger partial charge in [-0.15, -0.1) is 0 Å². The summed E-state index contributed by atoms with van der Waals surface area (Å²) in [4.78, 5) is 12.0. The Bertz CT molecular complexity index is 982. The highest BCUT2D eigenvalue weighted by molar-refractivity contribution is 7.89. The number of sulfonamides is 1. The molecule has 0 saturated heterocycles. The first kappa shape index (κ1) is 22.7. The molecule has 158 valence electrons. The SMILES string of the molecule is Cc1cc(C)c(S(=O)(=O)NCCC(=O)NNc2ccccc2C(F)(F)F)c(C)c1. The van der Waals surface area contributed by atoms with Gasteiger partial charge in [-0.1, -0.05) is 29.8 Å². The molecule has 0 fully saturated rings. The number of para-hydroxylation sites is 1. The Morgan fingerprint density at radius 1 is 1.03 bits per heavy atom. The molecule has 0 aliphatic rings. The Kier molecular flexibility index (Phi) is 6.91. The van der Waals surface area contributed by atoms with E-state index in [9.17, 15) is 26.4 Å². The lowest BCUT2D eigenvalue weighted by atomic mass is 10.1. The smallest absolute Gasteiger partial charge is 0.298 e. The van der Waals surface area contributed by atoms with E-state index in [1.54, 1.807) is 26.0 Å². The molecular weight excluding hydrogens is 407 g/mol. The van der Waals surface area contributed by atoms with Crippen LogP contribution in [-0.4, -0.2) is 20.9 Å². The van der Waals surface area contributed by atoms with Gasteiger partial charge in [-0.3, -0.25) is 15.6 Å². The molecule has 0 saturated carbocycles. The van der Waals surface area contributed by atoms with Crippen LogP contribution in [0.25, 0.3) is 0 Å². The fourth-order valence-corrected chi connectivity index (χ4v) is 4.48. The van der Waals surface area contributed by atoms with Crippen LogP contribution < -0.4 is 15.6 Å². The Morgan fingerprint density at radius 2 is 1.62 bits per heavy atom. The molecule has 10 heteroatoms. The van der Waals surface area contributed by atoms with Crippen molar-refractivity contribution < 1.29 is 26.4 Å². The van der Waals surface area contributed by atoms with Gasteiger partial charge < -0.3 is 0 Å². The number of nitrogens with one attached hydrogen (secondary N) is 3. The number of alkyl halides is 3. The van der Waals surface area contributed by atoms with E-state index in [0.717, 1.165) is 11.6 Å². The molecule has 2 aromatic rings. The minimum Gasteiger partial charge on any atom is -0.298 e. The first-order valence-electron chi connectivity index (χ1n) is 8.70. The van der Waals surface area contributed by atoms with Crippen LogP contribution in [-0.2, 0) is 21.0 Å². The van der Waals surface area contributed by atoms with Crippen LogP contribution in [0.1, 0.15) is 28.7 Å². The number of hydrogen-bond acceptors (Lipinski definition) is 4. The van der Waals surface area contributed by atoms with E-state index in [1.807, 2.05) is 6.92 Å². The van der Waals surface area contributed by atoms with Gasteiger partial charge >= 0.3 is 6.18 Å². The second-order valence-electron chi connectivity index (χ2n) is 6.59. The molecule has 0 unspecified atom stereocenters. The van der Waals surface area contributed by atoms with Crippen molar-refractivity contribution in [2.45, 2.75) is 38.3 Å². The lowest BCUT2D eigenvalue weighted by Gasteiger charge is -2.15. The van der Waals surface area contributed by atoms with E-state index in [0.29, 0.717) is 11.1 Å². The van der Waals surface area contributed by atoms with Crippen molar-refractivity contribution in [2.75, 3.05) is 12.0 Å². The summed E-state index contributed by atoms with van der Waals surface area (Å²) < 4.78 is 66.2. The summed E-state index contributed by atoms with van der Waals surface area (Å²) >= 11 is 0. The number of aryl methyl sites for hydroxylation is 3. The van der Waals surface area contributed by atoms with Gasteiger partial charge in [-0.05, 0) is 44.0 Å². The zero-order chi connectivity index (χ0) is 21.8. The topological polar surface area (TPSA) is 87.3 Å². The molecule has 0 spiro atoms. The number of hydrazine groups is 1. The molecule has 2 aromatic carbocycles. The summed E-state index contributed by atoms with van der Waals surface area (Å²) in [5.74, 6) is -0.665. The molecule has 29 heavy (non-hydrogen) atoms. The fourth-order valence-electron chi connectivity index (χ4n) is 3.00. The van der Waals surface area contributed by atoms with Gasteiger partial charge in [0.15, 0.2) is 0 Å². The summed E-state index contributed by atoms with van der Waals surface area (Å²) in [5.41, 5.74) is 5.25. The zero-order valence-electron chi connectivity index (χ0n) is 16.1. The normalized spacial score (nSPS) is 11.9. The molecule has 0 atom stereocenters. The summed E-state index contributed by atoms with van der Waals surface area (Å²) in [5, 5.41) is 0. The van der Waals surface area contributed by atoms with E-state index in [1.165, 1.54) is 18.2 Å². The fraction of sp³-hybridized carbons (Fsp3) is 0.316. The van der Waals surface area contributed by atoms with Crippen LogP contribution in [0.4, 0.5) is 18.9 Å². The second-order valence-corrected chi connectivity index (χ2v) is 8.30. The van der Waals surface area contributed by atoms with E-state index < -0.39 is 27.7 Å². The highest BCUT2D eigenvalue weighted by atomic mass is 32.2. The number of rotatable bonds is 7. The van der Waals surface area contributed by atoms with Gasteiger partial charge in [-0.2, -0.15) is 13.2 Å². The molecule has 0 aromatic heterocycles. The average Bonchev–Trinajstić information content (AvgIpc) is 2.58. The first-order chi connectivity index (χ1) is 13.4. The first-order valence-corrected chi connectivity index (χ1v) is 10.2. The van der Waals surface area contributed by atoms with Crippen LogP contribution in [0, 0.1) is 20.8 Å². The quantitative estimate of drug-likeness (QED) is 0.589. The lowest BCUT2D eigenvalue weighted by Crippen LogP contribution is -2.34. The van der Waals surface area contributed by atoms with E-state index >= 15 is 0 Å². The molecule has 2 rings (SSSR count). The number of anilines is 1. The molecule has 6 nitrogen and oxygen atoms in total.